The Morgan fingerprint density at radius 3 is 2.83 bits per heavy atom. The number of methoxy groups -OCH3 is 1. The number of anilines is 1. The summed E-state index contributed by atoms with van der Waals surface area (Å²) in [7, 11) is 1.53. The number of phenolic OH excluding ortho intramolecular Hbond substituents is 1. The maximum atomic E-state index is 11.9. The van der Waals surface area contributed by atoms with Crippen LogP contribution in [-0.2, 0) is 4.79 Å². The van der Waals surface area contributed by atoms with E-state index in [0.717, 1.165) is 6.54 Å². The molecule has 5 nitrogen and oxygen atoms in total. The van der Waals surface area contributed by atoms with Crippen molar-refractivity contribution in [2.45, 2.75) is 13.8 Å². The number of benzene rings is 1. The smallest absolute Gasteiger partial charge is 0.228 e. The Bertz CT molecular complexity index is 407. The van der Waals surface area contributed by atoms with Gasteiger partial charge in [-0.1, -0.05) is 13.8 Å². The fraction of sp³-hybridized carbons (Fsp3) is 0.462. The van der Waals surface area contributed by atoms with Crippen molar-refractivity contribution in [2.24, 2.45) is 5.92 Å². The molecule has 0 aliphatic rings. The summed E-state index contributed by atoms with van der Waals surface area (Å²) >= 11 is 0. The molecule has 5 heteroatoms. The van der Waals surface area contributed by atoms with Crippen LogP contribution in [0.15, 0.2) is 18.2 Å². The van der Waals surface area contributed by atoms with Crippen LogP contribution in [-0.4, -0.2) is 31.2 Å². The molecule has 1 rings (SSSR count). The molecule has 1 amide bonds. The summed E-state index contributed by atoms with van der Waals surface area (Å²) in [6.45, 7) is 5.24. The number of phenols is 1. The summed E-state index contributed by atoms with van der Waals surface area (Å²) in [4.78, 5) is 11.9. The molecule has 0 fully saturated rings. The van der Waals surface area contributed by atoms with Crippen LogP contribution < -0.4 is 15.4 Å². The van der Waals surface area contributed by atoms with Crippen LogP contribution in [0.5, 0.6) is 11.5 Å². The second-order valence-corrected chi connectivity index (χ2v) is 4.08. The zero-order valence-electron chi connectivity index (χ0n) is 11.0. The van der Waals surface area contributed by atoms with Crippen LogP contribution in [0.2, 0.25) is 0 Å². The van der Waals surface area contributed by atoms with Gasteiger partial charge in [0.05, 0.1) is 12.8 Å². The molecule has 0 radical (unpaired) electrons. The second-order valence-electron chi connectivity index (χ2n) is 4.08. The lowest BCUT2D eigenvalue weighted by molar-refractivity contribution is -0.119. The Hall–Kier alpha value is -1.75. The Morgan fingerprint density at radius 1 is 1.50 bits per heavy atom. The van der Waals surface area contributed by atoms with Gasteiger partial charge in [0.15, 0.2) is 0 Å². The monoisotopic (exact) mass is 252 g/mol. The minimum Gasteiger partial charge on any atom is -0.506 e. The van der Waals surface area contributed by atoms with E-state index in [4.69, 9.17) is 4.74 Å². The molecule has 0 aliphatic heterocycles. The zero-order chi connectivity index (χ0) is 13.5. The van der Waals surface area contributed by atoms with Crippen molar-refractivity contribution in [2.75, 3.05) is 25.5 Å². The number of nitrogens with one attached hydrogen (secondary N) is 2. The highest BCUT2D eigenvalue weighted by molar-refractivity contribution is 5.94. The largest absolute Gasteiger partial charge is 0.506 e. The lowest BCUT2D eigenvalue weighted by atomic mass is 10.1. The number of hydrogen-bond donors (Lipinski definition) is 3. The Balaban J connectivity index is 2.68. The summed E-state index contributed by atoms with van der Waals surface area (Å²) < 4.78 is 5.04. The molecule has 1 unspecified atom stereocenters. The van der Waals surface area contributed by atoms with E-state index in [1.54, 1.807) is 12.1 Å². The van der Waals surface area contributed by atoms with Gasteiger partial charge < -0.3 is 20.5 Å². The third-order valence-electron chi connectivity index (χ3n) is 2.61. The van der Waals surface area contributed by atoms with E-state index in [-0.39, 0.29) is 17.6 Å². The third-order valence-corrected chi connectivity index (χ3v) is 2.61. The van der Waals surface area contributed by atoms with Gasteiger partial charge in [-0.2, -0.15) is 0 Å². The van der Waals surface area contributed by atoms with Gasteiger partial charge in [-0.3, -0.25) is 4.79 Å². The van der Waals surface area contributed by atoms with Crippen molar-refractivity contribution in [1.29, 1.82) is 0 Å². The quantitative estimate of drug-likeness (QED) is 0.672. The van der Waals surface area contributed by atoms with Gasteiger partial charge in [0.25, 0.3) is 0 Å². The average Bonchev–Trinajstić information content (AvgIpc) is 2.38. The van der Waals surface area contributed by atoms with Crippen molar-refractivity contribution in [1.82, 2.24) is 5.32 Å². The minimum absolute atomic E-state index is 0.0276. The highest BCUT2D eigenvalue weighted by Crippen LogP contribution is 2.28. The second kappa shape index (κ2) is 6.86. The lowest BCUT2D eigenvalue weighted by Gasteiger charge is -2.14. The number of aromatic hydroxyl groups is 1. The molecule has 1 aromatic rings. The number of ether oxygens (including phenoxy) is 1. The summed E-state index contributed by atoms with van der Waals surface area (Å²) in [5, 5.41) is 15.4. The van der Waals surface area contributed by atoms with Gasteiger partial charge >= 0.3 is 0 Å². The molecule has 100 valence electrons. The summed E-state index contributed by atoms with van der Waals surface area (Å²) in [6.07, 6.45) is 0. The number of carbonyl (C=O) groups is 1. The summed E-state index contributed by atoms with van der Waals surface area (Å²) in [5.41, 5.74) is 0.364. The van der Waals surface area contributed by atoms with Gasteiger partial charge in [0.1, 0.15) is 11.5 Å². The van der Waals surface area contributed by atoms with Gasteiger partial charge in [-0.15, -0.1) is 0 Å². The molecule has 0 saturated carbocycles. The lowest BCUT2D eigenvalue weighted by Crippen LogP contribution is -2.30. The molecule has 0 bridgehead atoms. The van der Waals surface area contributed by atoms with Crippen LogP contribution in [0.1, 0.15) is 13.8 Å². The van der Waals surface area contributed by atoms with Crippen LogP contribution in [0.25, 0.3) is 0 Å². The zero-order valence-corrected chi connectivity index (χ0v) is 11.0. The Kier molecular flexibility index (Phi) is 5.45. The minimum atomic E-state index is -0.171. The fourth-order valence-electron chi connectivity index (χ4n) is 1.45. The SMILES string of the molecule is CCNCC(C)C(=O)Nc1cc(OC)ccc1O. The topological polar surface area (TPSA) is 70.6 Å². The van der Waals surface area contributed by atoms with Crippen molar-refractivity contribution >= 4 is 11.6 Å². The fourth-order valence-corrected chi connectivity index (χ4v) is 1.45. The van der Waals surface area contributed by atoms with Gasteiger partial charge in [-0.25, -0.2) is 0 Å². The number of rotatable bonds is 6. The summed E-state index contributed by atoms with van der Waals surface area (Å²) in [5.74, 6) is 0.303. The number of hydrogen-bond acceptors (Lipinski definition) is 4. The Morgan fingerprint density at radius 2 is 2.22 bits per heavy atom. The molecule has 1 aromatic carbocycles. The van der Waals surface area contributed by atoms with E-state index < -0.39 is 0 Å². The van der Waals surface area contributed by atoms with E-state index in [1.807, 2.05) is 13.8 Å². The van der Waals surface area contributed by atoms with Crippen molar-refractivity contribution in [3.63, 3.8) is 0 Å². The highest BCUT2D eigenvalue weighted by Gasteiger charge is 2.14. The van der Waals surface area contributed by atoms with E-state index >= 15 is 0 Å². The average molecular weight is 252 g/mol. The molecular formula is C13H20N2O3. The molecule has 0 heterocycles. The van der Waals surface area contributed by atoms with E-state index in [0.29, 0.717) is 18.0 Å². The molecule has 3 N–H and O–H groups in total. The van der Waals surface area contributed by atoms with Crippen molar-refractivity contribution < 1.29 is 14.6 Å². The van der Waals surface area contributed by atoms with E-state index in [9.17, 15) is 9.90 Å². The first-order valence-corrected chi connectivity index (χ1v) is 5.97. The normalized spacial score (nSPS) is 11.9. The van der Waals surface area contributed by atoms with Gasteiger partial charge in [0.2, 0.25) is 5.91 Å². The Labute approximate surface area is 107 Å². The third kappa shape index (κ3) is 3.92. The van der Waals surface area contributed by atoms with Crippen LogP contribution in [0, 0.1) is 5.92 Å². The first-order chi connectivity index (χ1) is 8.58. The molecule has 1 atom stereocenters. The number of carbonyl (C=O) groups excluding carboxylic acids is 1. The predicted octanol–water partition coefficient (Wildman–Crippen LogP) is 1.58. The van der Waals surface area contributed by atoms with Gasteiger partial charge in [0, 0.05) is 18.5 Å². The molecule has 0 saturated heterocycles. The van der Waals surface area contributed by atoms with Crippen LogP contribution >= 0.6 is 0 Å². The van der Waals surface area contributed by atoms with Gasteiger partial charge in [-0.05, 0) is 18.7 Å². The highest BCUT2D eigenvalue weighted by atomic mass is 16.5. The van der Waals surface area contributed by atoms with E-state index in [1.165, 1.54) is 13.2 Å². The summed E-state index contributed by atoms with van der Waals surface area (Å²) in [6, 6.07) is 4.71. The molecule has 0 aliphatic carbocycles. The molecular weight excluding hydrogens is 232 g/mol. The first-order valence-electron chi connectivity index (χ1n) is 5.97. The van der Waals surface area contributed by atoms with Crippen molar-refractivity contribution in [3.05, 3.63) is 18.2 Å². The molecule has 0 aromatic heterocycles. The maximum absolute atomic E-state index is 11.9. The number of amides is 1. The van der Waals surface area contributed by atoms with E-state index in [2.05, 4.69) is 10.6 Å². The van der Waals surface area contributed by atoms with Crippen LogP contribution in [0.3, 0.4) is 0 Å². The predicted molar refractivity (Wildman–Crippen MR) is 71.0 cm³/mol. The molecule has 0 spiro atoms. The maximum Gasteiger partial charge on any atom is 0.228 e. The van der Waals surface area contributed by atoms with Crippen molar-refractivity contribution in [3.8, 4) is 11.5 Å². The van der Waals surface area contributed by atoms with Crippen LogP contribution in [0.4, 0.5) is 5.69 Å². The first kappa shape index (κ1) is 14.3. The standard InChI is InChI=1S/C13H20N2O3/c1-4-14-8-9(2)13(17)15-11-7-10(18-3)5-6-12(11)16/h5-7,9,14,16H,4,8H2,1-3H3,(H,15,17). The molecule has 18 heavy (non-hydrogen) atoms.